The van der Waals surface area contributed by atoms with Crippen molar-refractivity contribution < 1.29 is 26.4 Å². The number of amides is 1. The SMILES string of the molecule is C[C@H](C(=O)NCc1cccc(C(F)(F)F)c1)N(c1ccccc1)S(C)(=O)=O. The van der Waals surface area contributed by atoms with Crippen LogP contribution in [0.4, 0.5) is 18.9 Å². The largest absolute Gasteiger partial charge is 0.416 e. The van der Waals surface area contributed by atoms with Gasteiger partial charge in [-0.15, -0.1) is 0 Å². The maximum Gasteiger partial charge on any atom is 0.416 e. The number of halogens is 3. The van der Waals surface area contributed by atoms with Gasteiger partial charge >= 0.3 is 6.18 Å². The topological polar surface area (TPSA) is 66.5 Å². The molecule has 0 aromatic heterocycles. The van der Waals surface area contributed by atoms with E-state index in [1.54, 1.807) is 30.3 Å². The van der Waals surface area contributed by atoms with E-state index in [1.807, 2.05) is 0 Å². The zero-order valence-corrected chi connectivity index (χ0v) is 15.5. The number of nitrogens with zero attached hydrogens (tertiary/aromatic N) is 1. The van der Waals surface area contributed by atoms with Crippen molar-refractivity contribution in [2.45, 2.75) is 25.7 Å². The van der Waals surface area contributed by atoms with Crippen molar-refractivity contribution in [2.75, 3.05) is 10.6 Å². The first-order valence-electron chi connectivity index (χ1n) is 7.98. The first kappa shape index (κ1) is 20.8. The van der Waals surface area contributed by atoms with Crippen molar-refractivity contribution in [3.63, 3.8) is 0 Å². The molecule has 0 heterocycles. The smallest absolute Gasteiger partial charge is 0.350 e. The van der Waals surface area contributed by atoms with Crippen LogP contribution in [0, 0.1) is 0 Å². The predicted molar refractivity (Wildman–Crippen MR) is 96.5 cm³/mol. The Morgan fingerprint density at radius 2 is 1.74 bits per heavy atom. The lowest BCUT2D eigenvalue weighted by atomic mass is 10.1. The summed E-state index contributed by atoms with van der Waals surface area (Å²) in [6.45, 7) is 1.26. The molecule has 0 aliphatic carbocycles. The Balaban J connectivity index is 2.15. The van der Waals surface area contributed by atoms with Crippen LogP contribution in [-0.2, 0) is 27.5 Å². The van der Waals surface area contributed by atoms with Gasteiger partial charge in [-0.1, -0.05) is 30.3 Å². The van der Waals surface area contributed by atoms with Gasteiger partial charge in [0.1, 0.15) is 6.04 Å². The van der Waals surface area contributed by atoms with Crippen LogP contribution in [-0.4, -0.2) is 26.6 Å². The highest BCUT2D eigenvalue weighted by molar-refractivity contribution is 7.92. The van der Waals surface area contributed by atoms with Gasteiger partial charge in [0.2, 0.25) is 15.9 Å². The Morgan fingerprint density at radius 3 is 2.30 bits per heavy atom. The summed E-state index contributed by atoms with van der Waals surface area (Å²) in [5.74, 6) is -0.623. The number of carbonyl (C=O) groups excluding carboxylic acids is 1. The third kappa shape index (κ3) is 5.46. The number of para-hydroxylation sites is 1. The summed E-state index contributed by atoms with van der Waals surface area (Å²) in [6.07, 6.45) is -3.50. The summed E-state index contributed by atoms with van der Waals surface area (Å²) in [5.41, 5.74) is -0.234. The summed E-state index contributed by atoms with van der Waals surface area (Å²) in [4.78, 5) is 12.4. The van der Waals surface area contributed by atoms with E-state index in [0.717, 1.165) is 22.7 Å². The molecule has 0 unspecified atom stereocenters. The Labute approximate surface area is 155 Å². The predicted octanol–water partition coefficient (Wildman–Crippen LogP) is 3.18. The fourth-order valence-corrected chi connectivity index (χ4v) is 3.75. The van der Waals surface area contributed by atoms with Crippen LogP contribution in [0.3, 0.4) is 0 Å². The summed E-state index contributed by atoms with van der Waals surface area (Å²) in [5, 5.41) is 2.49. The van der Waals surface area contributed by atoms with Gasteiger partial charge < -0.3 is 5.32 Å². The highest BCUT2D eigenvalue weighted by Crippen LogP contribution is 2.29. The first-order chi connectivity index (χ1) is 12.5. The fourth-order valence-electron chi connectivity index (χ4n) is 2.58. The van der Waals surface area contributed by atoms with E-state index in [0.29, 0.717) is 5.69 Å². The second kappa shape index (κ2) is 7.99. The van der Waals surface area contributed by atoms with Crippen LogP contribution in [0.2, 0.25) is 0 Å². The van der Waals surface area contributed by atoms with E-state index >= 15 is 0 Å². The van der Waals surface area contributed by atoms with Gasteiger partial charge in [0.05, 0.1) is 17.5 Å². The molecule has 0 saturated carbocycles. The van der Waals surface area contributed by atoms with Crippen molar-refractivity contribution in [1.29, 1.82) is 0 Å². The molecule has 0 radical (unpaired) electrons. The average molecular weight is 400 g/mol. The number of nitrogens with one attached hydrogen (secondary N) is 1. The Hall–Kier alpha value is -2.55. The van der Waals surface area contributed by atoms with Crippen LogP contribution in [0.1, 0.15) is 18.1 Å². The maximum atomic E-state index is 12.8. The van der Waals surface area contributed by atoms with Crippen molar-refractivity contribution in [3.05, 3.63) is 65.7 Å². The molecule has 1 atom stereocenters. The van der Waals surface area contributed by atoms with E-state index in [2.05, 4.69) is 5.32 Å². The lowest BCUT2D eigenvalue weighted by Crippen LogP contribution is -2.47. The van der Waals surface area contributed by atoms with E-state index < -0.39 is 33.7 Å². The molecule has 0 bridgehead atoms. The zero-order chi connectivity index (χ0) is 20.2. The number of benzene rings is 2. The molecule has 2 aromatic rings. The second-order valence-corrected chi connectivity index (χ2v) is 7.85. The molecule has 5 nitrogen and oxygen atoms in total. The van der Waals surface area contributed by atoms with Crippen molar-refractivity contribution in [1.82, 2.24) is 5.32 Å². The monoisotopic (exact) mass is 400 g/mol. The van der Waals surface area contributed by atoms with Crippen LogP contribution in [0.5, 0.6) is 0 Å². The molecule has 0 saturated heterocycles. The molecule has 0 aliphatic rings. The molecule has 9 heteroatoms. The third-order valence-electron chi connectivity index (χ3n) is 3.82. The van der Waals surface area contributed by atoms with Gasteiger partial charge in [-0.2, -0.15) is 13.2 Å². The van der Waals surface area contributed by atoms with E-state index in [9.17, 15) is 26.4 Å². The number of carbonyl (C=O) groups is 1. The second-order valence-electron chi connectivity index (χ2n) is 5.99. The number of hydrogen-bond acceptors (Lipinski definition) is 3. The standard InChI is InChI=1S/C18H19F3N2O3S/c1-13(23(27(2,25)26)16-9-4-3-5-10-16)17(24)22-12-14-7-6-8-15(11-14)18(19,20)21/h3-11,13H,12H2,1-2H3,(H,22,24)/t13-/m1/s1. The van der Waals surface area contributed by atoms with Crippen molar-refractivity contribution >= 4 is 21.6 Å². The van der Waals surface area contributed by atoms with Gasteiger partial charge in [-0.05, 0) is 36.8 Å². The van der Waals surface area contributed by atoms with Gasteiger partial charge in [0, 0.05) is 6.54 Å². The maximum absolute atomic E-state index is 12.8. The summed E-state index contributed by atoms with van der Waals surface area (Å²) < 4.78 is 63.5. The van der Waals surface area contributed by atoms with Crippen LogP contribution >= 0.6 is 0 Å². The summed E-state index contributed by atoms with van der Waals surface area (Å²) in [6, 6.07) is 11.6. The van der Waals surface area contributed by atoms with Crippen molar-refractivity contribution in [2.24, 2.45) is 0 Å². The molecular weight excluding hydrogens is 381 g/mol. The van der Waals surface area contributed by atoms with Gasteiger partial charge in [0.15, 0.2) is 0 Å². The molecular formula is C18H19F3N2O3S. The molecule has 27 heavy (non-hydrogen) atoms. The molecule has 2 aromatic carbocycles. The van der Waals surface area contributed by atoms with E-state index in [4.69, 9.17) is 0 Å². The highest BCUT2D eigenvalue weighted by Gasteiger charge is 2.31. The zero-order valence-electron chi connectivity index (χ0n) is 14.7. The number of rotatable bonds is 6. The summed E-state index contributed by atoms with van der Waals surface area (Å²) in [7, 11) is -3.75. The highest BCUT2D eigenvalue weighted by atomic mass is 32.2. The fraction of sp³-hybridized carbons (Fsp3) is 0.278. The van der Waals surface area contributed by atoms with Crippen LogP contribution in [0.15, 0.2) is 54.6 Å². The summed E-state index contributed by atoms with van der Waals surface area (Å²) >= 11 is 0. The minimum Gasteiger partial charge on any atom is -0.350 e. The van der Waals surface area contributed by atoms with Gasteiger partial charge in [0.25, 0.3) is 0 Å². The number of alkyl halides is 3. The van der Waals surface area contributed by atoms with Crippen LogP contribution < -0.4 is 9.62 Å². The first-order valence-corrected chi connectivity index (χ1v) is 9.83. The Kier molecular flexibility index (Phi) is 6.15. The van der Waals surface area contributed by atoms with Crippen molar-refractivity contribution in [3.8, 4) is 0 Å². The van der Waals surface area contributed by atoms with E-state index in [-0.39, 0.29) is 12.1 Å². The molecule has 0 aliphatic heterocycles. The van der Waals surface area contributed by atoms with Gasteiger partial charge in [-0.25, -0.2) is 8.42 Å². The average Bonchev–Trinajstić information content (AvgIpc) is 2.59. The lowest BCUT2D eigenvalue weighted by molar-refractivity contribution is -0.137. The molecule has 1 amide bonds. The lowest BCUT2D eigenvalue weighted by Gasteiger charge is -2.28. The van der Waals surface area contributed by atoms with Crippen LogP contribution in [0.25, 0.3) is 0 Å². The number of sulfonamides is 1. The Morgan fingerprint density at radius 1 is 1.11 bits per heavy atom. The third-order valence-corrected chi connectivity index (χ3v) is 5.06. The normalized spacial score (nSPS) is 13.1. The number of anilines is 1. The molecule has 2 rings (SSSR count). The minimum atomic E-state index is -4.48. The molecule has 0 fully saturated rings. The number of hydrogen-bond donors (Lipinski definition) is 1. The quantitative estimate of drug-likeness (QED) is 0.810. The van der Waals surface area contributed by atoms with E-state index in [1.165, 1.54) is 19.1 Å². The molecule has 0 spiro atoms. The molecule has 1 N–H and O–H groups in total. The Bertz CT molecular complexity index is 900. The minimum absolute atomic E-state index is 0.153. The molecule has 146 valence electrons. The van der Waals surface area contributed by atoms with Gasteiger partial charge in [-0.3, -0.25) is 9.10 Å².